The molecule has 1 aromatic heterocycles. The fraction of sp³-hybridized carbons (Fsp3) is 0.350. The number of imide groups is 1. The Kier molecular flexibility index (Phi) is 4.63. The second-order valence-corrected chi connectivity index (χ2v) is 7.09. The van der Waals surface area contributed by atoms with Crippen LogP contribution in [-0.2, 0) is 0 Å². The predicted octanol–water partition coefficient (Wildman–Crippen LogP) is 1.21. The summed E-state index contributed by atoms with van der Waals surface area (Å²) in [6.45, 7) is 2.25. The Balaban J connectivity index is 1.64. The van der Waals surface area contributed by atoms with Crippen LogP contribution >= 0.6 is 0 Å². The molecule has 0 spiro atoms. The van der Waals surface area contributed by atoms with Gasteiger partial charge < -0.3 is 10.0 Å². The van der Waals surface area contributed by atoms with E-state index in [1.54, 1.807) is 12.1 Å². The number of carbonyl (C=O) groups is 2. The minimum absolute atomic E-state index is 0.00205. The van der Waals surface area contributed by atoms with Gasteiger partial charge in [-0.25, -0.2) is 4.98 Å². The first-order valence-electron chi connectivity index (χ1n) is 9.08. The number of pyridine rings is 1. The Bertz CT molecular complexity index is 871. The van der Waals surface area contributed by atoms with Crippen molar-refractivity contribution in [3.63, 3.8) is 0 Å². The van der Waals surface area contributed by atoms with Crippen molar-refractivity contribution in [3.8, 4) is 0 Å². The van der Waals surface area contributed by atoms with Crippen LogP contribution in [0.15, 0.2) is 42.5 Å². The van der Waals surface area contributed by atoms with Gasteiger partial charge in [0.15, 0.2) is 0 Å². The van der Waals surface area contributed by atoms with E-state index in [9.17, 15) is 14.7 Å². The first kappa shape index (κ1) is 17.6. The maximum Gasteiger partial charge on any atom is 0.277 e. The number of hydrogen-bond donors (Lipinski definition) is 2. The number of likely N-dealkylation sites (N-methyl/N-ethyl adjacent to an activating group) is 1. The standard InChI is InChI=1S/C20H22N4O3/c1-23(17-8-7-15-18(21-17)20(27)22-19(15)26)16(13-5-3-2-4-6-13)12-24-10-9-14(25)11-24/h2-8,14,16,25H,9-12H2,1H3,(H,22,26,27)/t14?,16-/m1/s1. The smallest absolute Gasteiger partial charge is 0.277 e. The third kappa shape index (κ3) is 3.43. The molecule has 7 nitrogen and oxygen atoms in total. The summed E-state index contributed by atoms with van der Waals surface area (Å²) in [6, 6.07) is 13.5. The number of aliphatic hydroxyl groups is 1. The highest BCUT2D eigenvalue weighted by Crippen LogP contribution is 2.28. The summed E-state index contributed by atoms with van der Waals surface area (Å²) in [4.78, 5) is 32.4. The van der Waals surface area contributed by atoms with Gasteiger partial charge in [0, 0.05) is 26.7 Å². The van der Waals surface area contributed by atoms with E-state index >= 15 is 0 Å². The van der Waals surface area contributed by atoms with Crippen LogP contribution in [0.2, 0.25) is 0 Å². The molecule has 1 fully saturated rings. The van der Waals surface area contributed by atoms with E-state index in [1.165, 1.54) is 0 Å². The quantitative estimate of drug-likeness (QED) is 0.774. The molecule has 2 aromatic rings. The van der Waals surface area contributed by atoms with E-state index in [0.717, 1.165) is 25.1 Å². The van der Waals surface area contributed by atoms with Gasteiger partial charge in [0.1, 0.15) is 11.5 Å². The lowest BCUT2D eigenvalue weighted by Crippen LogP contribution is -2.36. The van der Waals surface area contributed by atoms with Crippen LogP contribution in [0.25, 0.3) is 0 Å². The Labute approximate surface area is 157 Å². The molecule has 3 heterocycles. The number of anilines is 1. The van der Waals surface area contributed by atoms with Gasteiger partial charge in [-0.15, -0.1) is 0 Å². The average Bonchev–Trinajstić information content (AvgIpc) is 3.22. The van der Waals surface area contributed by atoms with Crippen LogP contribution in [0.4, 0.5) is 5.82 Å². The number of fused-ring (bicyclic) bond motifs is 1. The number of aliphatic hydroxyl groups excluding tert-OH is 1. The molecule has 0 saturated carbocycles. The SMILES string of the molecule is CN(c1ccc2c(n1)C(=O)NC2=O)[C@H](CN1CCC(O)C1)c1ccccc1. The number of carbonyl (C=O) groups excluding carboxylic acids is 2. The number of β-amino-alcohol motifs (C(OH)–C–C–N with tert-alkyl or cyclic N) is 1. The zero-order valence-corrected chi connectivity index (χ0v) is 15.1. The van der Waals surface area contributed by atoms with Crippen molar-refractivity contribution in [2.45, 2.75) is 18.6 Å². The minimum atomic E-state index is -0.454. The van der Waals surface area contributed by atoms with Crippen LogP contribution < -0.4 is 10.2 Å². The van der Waals surface area contributed by atoms with E-state index in [4.69, 9.17) is 0 Å². The number of nitrogens with one attached hydrogen (secondary N) is 1. The molecule has 0 aliphatic carbocycles. The Morgan fingerprint density at radius 3 is 2.70 bits per heavy atom. The van der Waals surface area contributed by atoms with Gasteiger partial charge in [-0.05, 0) is 24.1 Å². The predicted molar refractivity (Wildman–Crippen MR) is 101 cm³/mol. The average molecular weight is 366 g/mol. The lowest BCUT2D eigenvalue weighted by Gasteiger charge is -2.33. The number of benzene rings is 1. The third-order valence-electron chi connectivity index (χ3n) is 5.26. The molecule has 1 aromatic carbocycles. The van der Waals surface area contributed by atoms with E-state index in [2.05, 4.69) is 27.3 Å². The maximum atomic E-state index is 12.0. The van der Waals surface area contributed by atoms with Gasteiger partial charge in [0.05, 0.1) is 17.7 Å². The molecular weight excluding hydrogens is 344 g/mol. The lowest BCUT2D eigenvalue weighted by molar-refractivity contribution is 0.0878. The third-order valence-corrected chi connectivity index (χ3v) is 5.26. The molecule has 140 valence electrons. The highest BCUT2D eigenvalue weighted by Gasteiger charge is 2.31. The molecule has 1 saturated heterocycles. The van der Waals surface area contributed by atoms with Crippen LogP contribution in [-0.4, -0.2) is 59.6 Å². The normalized spacial score (nSPS) is 20.4. The minimum Gasteiger partial charge on any atom is -0.392 e. The zero-order valence-electron chi connectivity index (χ0n) is 15.1. The molecule has 2 atom stereocenters. The molecule has 27 heavy (non-hydrogen) atoms. The molecule has 1 unspecified atom stereocenters. The summed E-state index contributed by atoms with van der Waals surface area (Å²) >= 11 is 0. The number of hydrogen-bond acceptors (Lipinski definition) is 6. The lowest BCUT2D eigenvalue weighted by atomic mass is 10.0. The van der Waals surface area contributed by atoms with Crippen molar-refractivity contribution in [3.05, 3.63) is 59.3 Å². The molecule has 2 aliphatic rings. The van der Waals surface area contributed by atoms with Crippen LogP contribution in [0, 0.1) is 0 Å². The van der Waals surface area contributed by atoms with Gasteiger partial charge in [-0.2, -0.15) is 0 Å². The zero-order chi connectivity index (χ0) is 19.0. The van der Waals surface area contributed by atoms with Crippen molar-refractivity contribution in [2.75, 3.05) is 31.6 Å². The first-order chi connectivity index (χ1) is 13.0. The summed E-state index contributed by atoms with van der Waals surface area (Å²) in [5.41, 5.74) is 1.62. The molecule has 2 aliphatic heterocycles. The second kappa shape index (κ2) is 7.09. The molecular formula is C20H22N4O3. The van der Waals surface area contributed by atoms with Crippen molar-refractivity contribution in [1.29, 1.82) is 0 Å². The van der Waals surface area contributed by atoms with Crippen LogP contribution in [0.5, 0.6) is 0 Å². The Morgan fingerprint density at radius 2 is 2.00 bits per heavy atom. The maximum absolute atomic E-state index is 12.0. The van der Waals surface area contributed by atoms with E-state index in [-0.39, 0.29) is 17.8 Å². The van der Waals surface area contributed by atoms with E-state index in [0.29, 0.717) is 17.9 Å². The van der Waals surface area contributed by atoms with E-state index < -0.39 is 11.8 Å². The van der Waals surface area contributed by atoms with E-state index in [1.807, 2.05) is 30.1 Å². The summed E-state index contributed by atoms with van der Waals surface area (Å²) in [5.74, 6) is -0.223. The van der Waals surface area contributed by atoms with Crippen LogP contribution in [0.1, 0.15) is 38.9 Å². The molecule has 2 N–H and O–H groups in total. The van der Waals surface area contributed by atoms with Crippen LogP contribution in [0.3, 0.4) is 0 Å². The highest BCUT2D eigenvalue weighted by atomic mass is 16.3. The van der Waals surface area contributed by atoms with Crippen molar-refractivity contribution < 1.29 is 14.7 Å². The van der Waals surface area contributed by atoms with Crippen molar-refractivity contribution in [2.24, 2.45) is 0 Å². The second-order valence-electron chi connectivity index (χ2n) is 7.09. The van der Waals surface area contributed by atoms with Gasteiger partial charge in [-0.1, -0.05) is 30.3 Å². The van der Waals surface area contributed by atoms with Gasteiger partial charge >= 0.3 is 0 Å². The monoisotopic (exact) mass is 366 g/mol. The Morgan fingerprint density at radius 1 is 1.22 bits per heavy atom. The summed E-state index contributed by atoms with van der Waals surface area (Å²) < 4.78 is 0. The number of nitrogens with zero attached hydrogens (tertiary/aromatic N) is 3. The molecule has 0 radical (unpaired) electrons. The fourth-order valence-corrected chi connectivity index (χ4v) is 3.74. The largest absolute Gasteiger partial charge is 0.392 e. The van der Waals surface area contributed by atoms with Crippen molar-refractivity contribution in [1.82, 2.24) is 15.2 Å². The fourth-order valence-electron chi connectivity index (χ4n) is 3.74. The first-order valence-corrected chi connectivity index (χ1v) is 9.08. The van der Waals surface area contributed by atoms with Crippen molar-refractivity contribution >= 4 is 17.6 Å². The molecule has 7 heteroatoms. The molecule has 2 amide bonds. The van der Waals surface area contributed by atoms with Gasteiger partial charge in [-0.3, -0.25) is 19.8 Å². The molecule has 4 rings (SSSR count). The number of likely N-dealkylation sites (tertiary alicyclic amines) is 1. The summed E-state index contributed by atoms with van der Waals surface area (Å²) in [5, 5.41) is 12.1. The summed E-state index contributed by atoms with van der Waals surface area (Å²) in [6.07, 6.45) is 0.504. The Hall–Kier alpha value is -2.77. The number of amides is 2. The number of aromatic nitrogens is 1. The summed E-state index contributed by atoms with van der Waals surface area (Å²) in [7, 11) is 1.94. The highest BCUT2D eigenvalue weighted by molar-refractivity contribution is 6.20. The number of rotatable bonds is 5. The molecule has 0 bridgehead atoms. The van der Waals surface area contributed by atoms with Gasteiger partial charge in [0.25, 0.3) is 11.8 Å². The topological polar surface area (TPSA) is 85.8 Å². The van der Waals surface area contributed by atoms with Gasteiger partial charge in [0.2, 0.25) is 0 Å².